The highest BCUT2D eigenvalue weighted by Gasteiger charge is 2.21. The molecule has 154 valence electrons. The highest BCUT2D eigenvalue weighted by Crippen LogP contribution is 2.24. The summed E-state index contributed by atoms with van der Waals surface area (Å²) in [5, 5.41) is 15.1. The first-order valence-electron chi connectivity index (χ1n) is 9.95. The predicted molar refractivity (Wildman–Crippen MR) is 114 cm³/mol. The molecule has 0 aliphatic carbocycles. The van der Waals surface area contributed by atoms with Crippen LogP contribution in [0.3, 0.4) is 0 Å². The molecule has 3 aromatic rings. The third-order valence-electron chi connectivity index (χ3n) is 5.10. The second-order valence-electron chi connectivity index (χ2n) is 8.51. The summed E-state index contributed by atoms with van der Waals surface area (Å²) >= 11 is 1.63. The Morgan fingerprint density at radius 1 is 1.00 bits per heavy atom. The molecule has 29 heavy (non-hydrogen) atoms. The van der Waals surface area contributed by atoms with Crippen LogP contribution in [0.15, 0.2) is 36.7 Å². The van der Waals surface area contributed by atoms with Gasteiger partial charge in [0, 0.05) is 50.9 Å². The van der Waals surface area contributed by atoms with Gasteiger partial charge in [-0.15, -0.1) is 10.2 Å². The Morgan fingerprint density at radius 3 is 2.38 bits per heavy atom. The minimum Gasteiger partial charge on any atom is -0.344 e. The van der Waals surface area contributed by atoms with E-state index in [1.807, 2.05) is 10.9 Å². The molecular weight excluding hydrogens is 387 g/mol. The van der Waals surface area contributed by atoms with Gasteiger partial charge in [0.1, 0.15) is 10.8 Å². The second kappa shape index (κ2) is 8.20. The second-order valence-corrected chi connectivity index (χ2v) is 9.55. The first-order chi connectivity index (χ1) is 13.9. The molecule has 3 heterocycles. The molecule has 1 aromatic carbocycles. The number of aromatic nitrogens is 4. The molecule has 4 rings (SSSR count). The molecule has 0 amide bonds. The number of anilines is 1. The van der Waals surface area contributed by atoms with Gasteiger partial charge in [-0.05, 0) is 38.5 Å². The molecule has 1 aliphatic heterocycles. The number of hydrogen-bond acceptors (Lipinski definition) is 6. The maximum atomic E-state index is 13.1. The summed E-state index contributed by atoms with van der Waals surface area (Å²) in [4.78, 5) is 4.77. The van der Waals surface area contributed by atoms with Crippen LogP contribution in [0.1, 0.15) is 36.9 Å². The number of hydrogen-bond donors (Lipinski definition) is 0. The normalized spacial score (nSPS) is 15.8. The Kier molecular flexibility index (Phi) is 5.65. The van der Waals surface area contributed by atoms with Crippen LogP contribution in [0.2, 0.25) is 0 Å². The van der Waals surface area contributed by atoms with Gasteiger partial charge in [0.05, 0.1) is 11.7 Å². The fourth-order valence-corrected chi connectivity index (χ4v) is 4.31. The van der Waals surface area contributed by atoms with Crippen LogP contribution in [-0.4, -0.2) is 51.1 Å². The van der Waals surface area contributed by atoms with E-state index in [4.69, 9.17) is 0 Å². The number of halogens is 1. The van der Waals surface area contributed by atoms with Gasteiger partial charge < -0.3 is 4.90 Å². The fraction of sp³-hybridized carbons (Fsp3) is 0.476. The molecule has 1 aliphatic rings. The topological polar surface area (TPSA) is 50.1 Å². The zero-order chi connectivity index (χ0) is 20.4. The molecule has 6 nitrogen and oxygen atoms in total. The first kappa shape index (κ1) is 20.0. The van der Waals surface area contributed by atoms with Crippen LogP contribution in [0.5, 0.6) is 0 Å². The van der Waals surface area contributed by atoms with Crippen LogP contribution >= 0.6 is 11.3 Å². The quantitative estimate of drug-likeness (QED) is 0.639. The van der Waals surface area contributed by atoms with Crippen molar-refractivity contribution in [1.29, 1.82) is 0 Å². The lowest BCUT2D eigenvalue weighted by Crippen LogP contribution is -2.45. The Bertz CT molecular complexity index is 935. The molecule has 0 saturated carbocycles. The number of nitrogens with zero attached hydrogens (tertiary/aromatic N) is 6. The smallest absolute Gasteiger partial charge is 0.208 e. The summed E-state index contributed by atoms with van der Waals surface area (Å²) < 4.78 is 15.1. The SMILES string of the molecule is CC(C)(C)n1cc(CN2CCN(c3nnc(Cc4ccc(F)cc4)s3)CC2)cn1. The van der Waals surface area contributed by atoms with Gasteiger partial charge in [-0.3, -0.25) is 9.58 Å². The molecule has 0 unspecified atom stereocenters. The van der Waals surface area contributed by atoms with E-state index in [1.165, 1.54) is 17.7 Å². The Morgan fingerprint density at radius 2 is 1.72 bits per heavy atom. The van der Waals surface area contributed by atoms with E-state index in [0.717, 1.165) is 48.4 Å². The molecule has 2 aromatic heterocycles. The summed E-state index contributed by atoms with van der Waals surface area (Å²) in [5.74, 6) is -0.213. The summed E-state index contributed by atoms with van der Waals surface area (Å²) in [5.41, 5.74) is 2.32. The third-order valence-corrected chi connectivity index (χ3v) is 6.08. The highest BCUT2D eigenvalue weighted by atomic mass is 32.1. The largest absolute Gasteiger partial charge is 0.344 e. The maximum absolute atomic E-state index is 13.1. The van der Waals surface area contributed by atoms with Crippen molar-refractivity contribution in [2.45, 2.75) is 39.3 Å². The van der Waals surface area contributed by atoms with Crippen LogP contribution in [0.4, 0.5) is 9.52 Å². The lowest BCUT2D eigenvalue weighted by molar-refractivity contribution is 0.249. The predicted octanol–water partition coefficient (Wildman–Crippen LogP) is 3.54. The van der Waals surface area contributed by atoms with Gasteiger partial charge in [0.25, 0.3) is 0 Å². The van der Waals surface area contributed by atoms with Gasteiger partial charge in [-0.1, -0.05) is 23.5 Å². The van der Waals surface area contributed by atoms with Gasteiger partial charge in [0.15, 0.2) is 0 Å². The molecule has 0 radical (unpaired) electrons. The number of rotatable bonds is 5. The molecule has 0 atom stereocenters. The van der Waals surface area contributed by atoms with E-state index < -0.39 is 0 Å². The van der Waals surface area contributed by atoms with E-state index in [2.05, 4.69) is 52.1 Å². The van der Waals surface area contributed by atoms with Crippen LogP contribution in [0, 0.1) is 5.82 Å². The van der Waals surface area contributed by atoms with Crippen molar-refractivity contribution in [1.82, 2.24) is 24.9 Å². The lowest BCUT2D eigenvalue weighted by atomic mass is 10.1. The number of benzene rings is 1. The zero-order valence-electron chi connectivity index (χ0n) is 17.2. The van der Waals surface area contributed by atoms with Crippen molar-refractivity contribution in [2.75, 3.05) is 31.1 Å². The molecule has 8 heteroatoms. The van der Waals surface area contributed by atoms with Crippen molar-refractivity contribution in [3.8, 4) is 0 Å². The Hall–Kier alpha value is -2.32. The average molecular weight is 415 g/mol. The third kappa shape index (κ3) is 5.00. The molecule has 0 spiro atoms. The van der Waals surface area contributed by atoms with E-state index in [9.17, 15) is 4.39 Å². The monoisotopic (exact) mass is 414 g/mol. The molecule has 1 saturated heterocycles. The summed E-state index contributed by atoms with van der Waals surface area (Å²) in [6.45, 7) is 11.3. The van der Waals surface area contributed by atoms with Crippen molar-refractivity contribution < 1.29 is 4.39 Å². The van der Waals surface area contributed by atoms with Crippen LogP contribution in [0.25, 0.3) is 0 Å². The Labute approximate surface area is 175 Å². The average Bonchev–Trinajstić information content (AvgIpc) is 3.34. The Balaban J connectivity index is 1.30. The standard InChI is InChI=1S/C21H27FN6S/c1-21(2,3)28-15-17(13-23-28)14-26-8-10-27(11-9-26)20-25-24-19(29-20)12-16-4-6-18(22)7-5-16/h4-7,13,15H,8-12,14H2,1-3H3. The zero-order valence-corrected chi connectivity index (χ0v) is 18.0. The van der Waals surface area contributed by atoms with Gasteiger partial charge in [-0.2, -0.15) is 5.10 Å². The minimum atomic E-state index is -0.213. The fourth-order valence-electron chi connectivity index (χ4n) is 3.38. The van der Waals surface area contributed by atoms with E-state index >= 15 is 0 Å². The van der Waals surface area contributed by atoms with Crippen molar-refractivity contribution in [3.63, 3.8) is 0 Å². The van der Waals surface area contributed by atoms with Crippen LogP contribution in [-0.2, 0) is 18.5 Å². The maximum Gasteiger partial charge on any atom is 0.208 e. The minimum absolute atomic E-state index is 0.0143. The first-order valence-corrected chi connectivity index (χ1v) is 10.8. The molecular formula is C21H27FN6S. The van der Waals surface area contributed by atoms with E-state index in [1.54, 1.807) is 23.5 Å². The van der Waals surface area contributed by atoms with Crippen LogP contribution < -0.4 is 4.90 Å². The summed E-state index contributed by atoms with van der Waals surface area (Å²) in [6, 6.07) is 6.58. The van der Waals surface area contributed by atoms with Crippen molar-refractivity contribution in [2.24, 2.45) is 0 Å². The summed E-state index contributed by atoms with van der Waals surface area (Å²) in [6.07, 6.45) is 4.82. The molecule has 0 N–H and O–H groups in total. The van der Waals surface area contributed by atoms with Gasteiger partial charge in [-0.25, -0.2) is 4.39 Å². The lowest BCUT2D eigenvalue weighted by Gasteiger charge is -2.34. The molecule has 0 bridgehead atoms. The van der Waals surface area contributed by atoms with Gasteiger partial charge in [0.2, 0.25) is 5.13 Å². The number of piperazine rings is 1. The van der Waals surface area contributed by atoms with Crippen molar-refractivity contribution in [3.05, 3.63) is 58.6 Å². The van der Waals surface area contributed by atoms with Crippen molar-refractivity contribution >= 4 is 16.5 Å². The van der Waals surface area contributed by atoms with E-state index in [-0.39, 0.29) is 11.4 Å². The molecule has 1 fully saturated rings. The van der Waals surface area contributed by atoms with Gasteiger partial charge >= 0.3 is 0 Å². The summed E-state index contributed by atoms with van der Waals surface area (Å²) in [7, 11) is 0. The van der Waals surface area contributed by atoms with E-state index in [0.29, 0.717) is 6.42 Å². The highest BCUT2D eigenvalue weighted by molar-refractivity contribution is 7.15.